The van der Waals surface area contributed by atoms with Crippen molar-refractivity contribution in [2.24, 2.45) is 5.92 Å². The van der Waals surface area contributed by atoms with Crippen LogP contribution in [0.3, 0.4) is 0 Å². The molecule has 0 aromatic rings. The topological polar surface area (TPSA) is 57.5 Å². The summed E-state index contributed by atoms with van der Waals surface area (Å²) in [6.07, 6.45) is 6.49. The lowest BCUT2D eigenvalue weighted by atomic mass is 10.1. The molecule has 122 valence electrons. The van der Waals surface area contributed by atoms with Crippen molar-refractivity contribution in [1.29, 1.82) is 0 Å². The van der Waals surface area contributed by atoms with E-state index in [1.165, 1.54) is 12.0 Å². The molecule has 0 aliphatic carbocycles. The number of rotatable bonds is 6. The zero-order valence-corrected chi connectivity index (χ0v) is 14.6. The number of aliphatic carboxylic acids is 1. The van der Waals surface area contributed by atoms with Gasteiger partial charge in [0.2, 0.25) is 0 Å². The Labute approximate surface area is 126 Å². The Morgan fingerprint density at radius 2 is 1.50 bits per heavy atom. The standard InChI is InChI=1S/C7H14O2.C5H12O.C5H10/c1-2-3-4-5-6-7(8)9;1-4(2)5(3)6;1-4-5(2)3/h2-6H2,1H3,(H,8,9);4-6H,1-3H3;4H,1-3H3. The van der Waals surface area contributed by atoms with Crippen molar-refractivity contribution in [3.63, 3.8) is 0 Å². The van der Waals surface area contributed by atoms with Crippen LogP contribution >= 0.6 is 0 Å². The lowest BCUT2D eigenvalue weighted by Crippen LogP contribution is -2.07. The molecule has 0 bridgehead atoms. The molecule has 1 unspecified atom stereocenters. The van der Waals surface area contributed by atoms with Gasteiger partial charge in [-0.25, -0.2) is 0 Å². The van der Waals surface area contributed by atoms with E-state index in [4.69, 9.17) is 10.2 Å². The SMILES string of the molecule is CC(C)C(C)O.CC=C(C)C.CCCCCCC(=O)O. The number of unbranched alkanes of at least 4 members (excludes halogenated alkanes) is 3. The Hall–Kier alpha value is -0.830. The van der Waals surface area contributed by atoms with Gasteiger partial charge in [0.1, 0.15) is 0 Å². The van der Waals surface area contributed by atoms with Crippen LogP contribution in [-0.4, -0.2) is 22.3 Å². The van der Waals surface area contributed by atoms with E-state index in [1.807, 2.05) is 20.8 Å². The van der Waals surface area contributed by atoms with Gasteiger partial charge in [0.05, 0.1) is 6.10 Å². The number of aliphatic hydroxyl groups is 1. The lowest BCUT2D eigenvalue weighted by Gasteiger charge is -2.04. The minimum Gasteiger partial charge on any atom is -0.481 e. The highest BCUT2D eigenvalue weighted by atomic mass is 16.4. The Morgan fingerprint density at radius 1 is 1.10 bits per heavy atom. The van der Waals surface area contributed by atoms with Crippen LogP contribution in [0.5, 0.6) is 0 Å². The highest BCUT2D eigenvalue weighted by Gasteiger charge is 1.97. The number of aliphatic hydroxyl groups excluding tert-OH is 1. The van der Waals surface area contributed by atoms with Crippen molar-refractivity contribution < 1.29 is 15.0 Å². The Morgan fingerprint density at radius 3 is 1.70 bits per heavy atom. The summed E-state index contributed by atoms with van der Waals surface area (Å²) in [5.74, 6) is -0.267. The number of carboxylic acid groups (broad SMARTS) is 1. The molecule has 0 saturated carbocycles. The van der Waals surface area contributed by atoms with Crippen LogP contribution in [0.4, 0.5) is 0 Å². The maximum absolute atomic E-state index is 9.96. The van der Waals surface area contributed by atoms with Crippen molar-refractivity contribution >= 4 is 5.97 Å². The number of allylic oxidation sites excluding steroid dienone is 2. The summed E-state index contributed by atoms with van der Waals surface area (Å²) < 4.78 is 0. The molecule has 0 aliphatic rings. The predicted molar refractivity (Wildman–Crippen MR) is 88.0 cm³/mol. The van der Waals surface area contributed by atoms with Crippen molar-refractivity contribution in [3.05, 3.63) is 11.6 Å². The smallest absolute Gasteiger partial charge is 0.303 e. The first-order valence-corrected chi connectivity index (χ1v) is 7.68. The van der Waals surface area contributed by atoms with Crippen LogP contribution in [0.1, 0.15) is 80.6 Å². The van der Waals surface area contributed by atoms with Crippen LogP contribution in [0.2, 0.25) is 0 Å². The normalized spacial score (nSPS) is 10.7. The summed E-state index contributed by atoms with van der Waals surface area (Å²) in [6, 6.07) is 0. The minimum absolute atomic E-state index is 0.148. The fraction of sp³-hybridized carbons (Fsp3) is 0.824. The Kier molecular flexibility index (Phi) is 22.0. The zero-order chi connectivity index (χ0) is 16.6. The van der Waals surface area contributed by atoms with Crippen molar-refractivity contribution in [2.75, 3.05) is 0 Å². The quantitative estimate of drug-likeness (QED) is 0.532. The van der Waals surface area contributed by atoms with E-state index >= 15 is 0 Å². The Balaban J connectivity index is -0.000000230. The lowest BCUT2D eigenvalue weighted by molar-refractivity contribution is -0.137. The molecule has 0 heterocycles. The van der Waals surface area contributed by atoms with E-state index in [0.29, 0.717) is 12.3 Å². The second-order valence-corrected chi connectivity index (χ2v) is 5.56. The average Bonchev–Trinajstić information content (AvgIpc) is 2.35. The second kappa shape index (κ2) is 18.2. The molecular formula is C17H36O3. The highest BCUT2D eigenvalue weighted by Crippen LogP contribution is 2.01. The summed E-state index contributed by atoms with van der Waals surface area (Å²) in [4.78, 5) is 9.96. The summed E-state index contributed by atoms with van der Waals surface area (Å²) in [7, 11) is 0. The van der Waals surface area contributed by atoms with Gasteiger partial charge in [-0.1, -0.05) is 51.7 Å². The summed E-state index contributed by atoms with van der Waals surface area (Å²) in [5, 5.41) is 16.8. The first-order chi connectivity index (χ1) is 9.18. The average molecular weight is 288 g/mol. The van der Waals surface area contributed by atoms with Gasteiger partial charge in [0.15, 0.2) is 0 Å². The summed E-state index contributed by atoms with van der Waals surface area (Å²) >= 11 is 0. The molecule has 0 aromatic heterocycles. The third-order valence-corrected chi connectivity index (χ3v) is 2.79. The molecular weight excluding hydrogens is 252 g/mol. The molecule has 0 radical (unpaired) electrons. The van der Waals surface area contributed by atoms with Gasteiger partial charge >= 0.3 is 5.97 Å². The highest BCUT2D eigenvalue weighted by molar-refractivity contribution is 5.66. The molecule has 0 aromatic carbocycles. The molecule has 0 rings (SSSR count). The maximum atomic E-state index is 9.96. The largest absolute Gasteiger partial charge is 0.481 e. The van der Waals surface area contributed by atoms with Gasteiger partial charge in [-0.05, 0) is 40.0 Å². The Bertz CT molecular complexity index is 220. The van der Waals surface area contributed by atoms with Gasteiger partial charge < -0.3 is 10.2 Å². The van der Waals surface area contributed by atoms with Crippen molar-refractivity contribution in [1.82, 2.24) is 0 Å². The molecule has 0 saturated heterocycles. The van der Waals surface area contributed by atoms with Crippen LogP contribution in [0.15, 0.2) is 11.6 Å². The molecule has 2 N–H and O–H groups in total. The van der Waals surface area contributed by atoms with E-state index in [2.05, 4.69) is 26.8 Å². The number of hydrogen-bond donors (Lipinski definition) is 2. The monoisotopic (exact) mass is 288 g/mol. The third-order valence-electron chi connectivity index (χ3n) is 2.79. The first-order valence-electron chi connectivity index (χ1n) is 7.68. The molecule has 0 aliphatic heterocycles. The minimum atomic E-state index is -0.675. The number of hydrogen-bond acceptors (Lipinski definition) is 2. The van der Waals surface area contributed by atoms with Crippen LogP contribution in [0.25, 0.3) is 0 Å². The fourth-order valence-electron chi connectivity index (χ4n) is 0.703. The molecule has 20 heavy (non-hydrogen) atoms. The van der Waals surface area contributed by atoms with E-state index in [1.54, 1.807) is 6.92 Å². The second-order valence-electron chi connectivity index (χ2n) is 5.56. The van der Waals surface area contributed by atoms with E-state index in [9.17, 15) is 4.79 Å². The van der Waals surface area contributed by atoms with Gasteiger partial charge in [-0.15, -0.1) is 0 Å². The molecule has 1 atom stereocenters. The van der Waals surface area contributed by atoms with Gasteiger partial charge in [0.25, 0.3) is 0 Å². The zero-order valence-electron chi connectivity index (χ0n) is 14.6. The van der Waals surface area contributed by atoms with Gasteiger partial charge in [-0.2, -0.15) is 0 Å². The van der Waals surface area contributed by atoms with Gasteiger partial charge in [-0.3, -0.25) is 4.79 Å². The van der Waals surface area contributed by atoms with Crippen LogP contribution in [-0.2, 0) is 4.79 Å². The van der Waals surface area contributed by atoms with E-state index < -0.39 is 5.97 Å². The first kappa shape index (κ1) is 24.2. The predicted octanol–water partition coefficient (Wildman–Crippen LogP) is 5.04. The van der Waals surface area contributed by atoms with E-state index in [-0.39, 0.29) is 6.10 Å². The van der Waals surface area contributed by atoms with Crippen LogP contribution < -0.4 is 0 Å². The molecule has 0 amide bonds. The molecule has 3 heteroatoms. The number of carboxylic acids is 1. The summed E-state index contributed by atoms with van der Waals surface area (Å²) in [6.45, 7) is 14.1. The fourth-order valence-corrected chi connectivity index (χ4v) is 0.703. The van der Waals surface area contributed by atoms with E-state index in [0.717, 1.165) is 19.3 Å². The third kappa shape index (κ3) is 36.0. The summed E-state index contributed by atoms with van der Waals surface area (Å²) in [5.41, 5.74) is 1.38. The van der Waals surface area contributed by atoms with Gasteiger partial charge in [0, 0.05) is 6.42 Å². The molecule has 0 fully saturated rings. The molecule has 0 spiro atoms. The van der Waals surface area contributed by atoms with Crippen molar-refractivity contribution in [2.45, 2.75) is 86.7 Å². The van der Waals surface area contributed by atoms with Crippen LogP contribution in [0, 0.1) is 5.92 Å². The number of carbonyl (C=O) groups is 1. The molecule has 3 nitrogen and oxygen atoms in total. The van der Waals surface area contributed by atoms with Crippen molar-refractivity contribution in [3.8, 4) is 0 Å². The maximum Gasteiger partial charge on any atom is 0.303 e.